The van der Waals surface area contributed by atoms with Gasteiger partial charge in [-0.05, 0) is 37.8 Å². The summed E-state index contributed by atoms with van der Waals surface area (Å²) in [6, 6.07) is 0.955. The zero-order chi connectivity index (χ0) is 13.1. The Labute approximate surface area is 110 Å². The molecule has 0 fully saturated rings. The summed E-state index contributed by atoms with van der Waals surface area (Å²) >= 11 is 1.80. The number of amides is 3. The number of urea groups is 1. The molecule has 1 aromatic rings. The summed E-state index contributed by atoms with van der Waals surface area (Å²) in [5, 5.41) is 5.14. The van der Waals surface area contributed by atoms with Crippen LogP contribution in [0.15, 0.2) is 6.07 Å². The van der Waals surface area contributed by atoms with Gasteiger partial charge in [-0.3, -0.25) is 10.1 Å². The lowest BCUT2D eigenvalue weighted by atomic mass is 10.2. The molecule has 1 aromatic heterocycles. The standard InChI is InChI=1S/C12H17N3O2S/c1-7(11(16)15-12(13)17)14-6-9-5-8-3-2-4-10(8)18-9/h5,7,14H,2-4,6H2,1H3,(H3,13,15,16,17). The molecule has 1 aliphatic rings. The van der Waals surface area contributed by atoms with Crippen LogP contribution in [0.1, 0.15) is 28.7 Å². The molecule has 0 saturated carbocycles. The van der Waals surface area contributed by atoms with Gasteiger partial charge < -0.3 is 11.1 Å². The molecular formula is C12H17N3O2S. The van der Waals surface area contributed by atoms with E-state index in [4.69, 9.17) is 5.73 Å². The summed E-state index contributed by atoms with van der Waals surface area (Å²) in [6.45, 7) is 2.35. The summed E-state index contributed by atoms with van der Waals surface area (Å²) < 4.78 is 0. The molecule has 1 heterocycles. The zero-order valence-electron chi connectivity index (χ0n) is 10.3. The van der Waals surface area contributed by atoms with E-state index in [9.17, 15) is 9.59 Å². The minimum atomic E-state index is -0.816. The molecule has 6 heteroatoms. The molecule has 98 valence electrons. The van der Waals surface area contributed by atoms with E-state index in [0.717, 1.165) is 0 Å². The number of primary amides is 1. The van der Waals surface area contributed by atoms with Crippen molar-refractivity contribution in [2.75, 3.05) is 0 Å². The molecule has 1 unspecified atom stereocenters. The third-order valence-corrected chi connectivity index (χ3v) is 4.26. The normalized spacial score (nSPS) is 15.2. The molecular weight excluding hydrogens is 250 g/mol. The van der Waals surface area contributed by atoms with Crippen molar-refractivity contribution in [3.05, 3.63) is 21.4 Å². The minimum Gasteiger partial charge on any atom is -0.351 e. The maximum atomic E-state index is 11.4. The molecule has 0 radical (unpaired) electrons. The van der Waals surface area contributed by atoms with Crippen molar-refractivity contribution in [2.45, 2.75) is 38.8 Å². The first-order chi connectivity index (χ1) is 8.56. The summed E-state index contributed by atoms with van der Waals surface area (Å²) in [7, 11) is 0. The van der Waals surface area contributed by atoms with Gasteiger partial charge in [0.25, 0.3) is 0 Å². The molecule has 1 aliphatic carbocycles. The molecule has 2 rings (SSSR count). The first kappa shape index (κ1) is 13.0. The van der Waals surface area contributed by atoms with Crippen molar-refractivity contribution in [3.63, 3.8) is 0 Å². The third-order valence-electron chi connectivity index (χ3n) is 3.02. The largest absolute Gasteiger partial charge is 0.351 e. The predicted molar refractivity (Wildman–Crippen MR) is 70.4 cm³/mol. The molecule has 4 N–H and O–H groups in total. The number of fused-ring (bicyclic) bond motifs is 1. The smallest absolute Gasteiger partial charge is 0.318 e. The average molecular weight is 267 g/mol. The highest BCUT2D eigenvalue weighted by atomic mass is 32.1. The number of nitrogens with one attached hydrogen (secondary N) is 2. The van der Waals surface area contributed by atoms with E-state index in [1.165, 1.54) is 34.6 Å². The highest BCUT2D eigenvalue weighted by Crippen LogP contribution is 2.30. The maximum Gasteiger partial charge on any atom is 0.318 e. The highest BCUT2D eigenvalue weighted by Gasteiger charge is 2.17. The molecule has 0 aliphatic heterocycles. The molecule has 5 nitrogen and oxygen atoms in total. The number of nitrogens with two attached hydrogens (primary N) is 1. The van der Waals surface area contributed by atoms with Gasteiger partial charge >= 0.3 is 6.03 Å². The first-order valence-corrected chi connectivity index (χ1v) is 6.82. The van der Waals surface area contributed by atoms with Crippen LogP contribution in [0, 0.1) is 0 Å². The number of carbonyl (C=O) groups excluding carboxylic acids is 2. The molecule has 1 atom stereocenters. The fraction of sp³-hybridized carbons (Fsp3) is 0.500. The van der Waals surface area contributed by atoms with E-state index < -0.39 is 18.0 Å². The van der Waals surface area contributed by atoms with Crippen LogP contribution < -0.4 is 16.4 Å². The lowest BCUT2D eigenvalue weighted by Crippen LogP contribution is -2.46. The Morgan fingerprint density at radius 1 is 1.50 bits per heavy atom. The van der Waals surface area contributed by atoms with Crippen molar-refractivity contribution >= 4 is 23.3 Å². The van der Waals surface area contributed by atoms with Crippen LogP contribution in [0.2, 0.25) is 0 Å². The van der Waals surface area contributed by atoms with Crippen molar-refractivity contribution in [1.29, 1.82) is 0 Å². The van der Waals surface area contributed by atoms with Crippen LogP contribution >= 0.6 is 11.3 Å². The van der Waals surface area contributed by atoms with Crippen molar-refractivity contribution in [1.82, 2.24) is 10.6 Å². The molecule has 0 saturated heterocycles. The van der Waals surface area contributed by atoms with E-state index in [1.807, 2.05) is 0 Å². The monoisotopic (exact) mass is 267 g/mol. The van der Waals surface area contributed by atoms with E-state index in [-0.39, 0.29) is 0 Å². The fourth-order valence-electron chi connectivity index (χ4n) is 2.05. The van der Waals surface area contributed by atoms with E-state index >= 15 is 0 Å². The van der Waals surface area contributed by atoms with Crippen LogP contribution in [-0.2, 0) is 24.2 Å². The van der Waals surface area contributed by atoms with Gasteiger partial charge in [0.05, 0.1) is 6.04 Å². The highest BCUT2D eigenvalue weighted by molar-refractivity contribution is 7.12. The van der Waals surface area contributed by atoms with Gasteiger partial charge in [0.2, 0.25) is 5.91 Å². The second-order valence-electron chi connectivity index (χ2n) is 4.47. The number of hydrogen-bond donors (Lipinski definition) is 3. The van der Waals surface area contributed by atoms with Crippen LogP contribution in [0.4, 0.5) is 4.79 Å². The number of carbonyl (C=O) groups is 2. The van der Waals surface area contributed by atoms with Gasteiger partial charge in [0.15, 0.2) is 0 Å². The van der Waals surface area contributed by atoms with Gasteiger partial charge in [-0.2, -0.15) is 0 Å². The lowest BCUT2D eigenvalue weighted by molar-refractivity contribution is -0.121. The van der Waals surface area contributed by atoms with Gasteiger partial charge in [-0.1, -0.05) is 0 Å². The quantitative estimate of drug-likeness (QED) is 0.758. The maximum absolute atomic E-state index is 11.4. The number of aryl methyl sites for hydroxylation is 2. The van der Waals surface area contributed by atoms with Crippen molar-refractivity contribution in [3.8, 4) is 0 Å². The van der Waals surface area contributed by atoms with Crippen LogP contribution in [0.3, 0.4) is 0 Å². The van der Waals surface area contributed by atoms with Crippen LogP contribution in [0.5, 0.6) is 0 Å². The second kappa shape index (κ2) is 5.49. The summed E-state index contributed by atoms with van der Waals surface area (Å²) in [5.74, 6) is -0.397. The lowest BCUT2D eigenvalue weighted by Gasteiger charge is -2.11. The average Bonchev–Trinajstić information content (AvgIpc) is 2.84. The van der Waals surface area contributed by atoms with Crippen molar-refractivity contribution in [2.24, 2.45) is 5.73 Å². The molecule has 0 spiro atoms. The molecule has 0 aromatic carbocycles. The summed E-state index contributed by atoms with van der Waals surface area (Å²) in [6.07, 6.45) is 3.60. The Morgan fingerprint density at radius 3 is 2.94 bits per heavy atom. The van der Waals surface area contributed by atoms with Crippen LogP contribution in [0.25, 0.3) is 0 Å². The molecule has 3 amide bonds. The van der Waals surface area contributed by atoms with Gasteiger partial charge in [-0.25, -0.2) is 4.79 Å². The Hall–Kier alpha value is -1.40. The first-order valence-electron chi connectivity index (χ1n) is 6.00. The SMILES string of the molecule is CC(NCc1cc2c(s1)CCC2)C(=O)NC(N)=O. The topological polar surface area (TPSA) is 84.2 Å². The Bertz CT molecular complexity index is 448. The number of hydrogen-bond acceptors (Lipinski definition) is 4. The Kier molecular flexibility index (Phi) is 3.98. The fourth-order valence-corrected chi connectivity index (χ4v) is 3.27. The Balaban J connectivity index is 1.83. The Morgan fingerprint density at radius 2 is 2.28 bits per heavy atom. The predicted octanol–water partition coefficient (Wildman–Crippen LogP) is 0.910. The van der Waals surface area contributed by atoms with E-state index in [0.29, 0.717) is 6.54 Å². The summed E-state index contributed by atoms with van der Waals surface area (Å²) in [4.78, 5) is 24.7. The minimum absolute atomic E-state index is 0.397. The third kappa shape index (κ3) is 3.08. The van der Waals surface area contributed by atoms with Gasteiger partial charge in [0, 0.05) is 16.3 Å². The second-order valence-corrected chi connectivity index (χ2v) is 5.69. The molecule has 18 heavy (non-hydrogen) atoms. The molecule has 0 bridgehead atoms. The zero-order valence-corrected chi connectivity index (χ0v) is 11.1. The number of rotatable bonds is 4. The van der Waals surface area contributed by atoms with Gasteiger partial charge in [-0.15, -0.1) is 11.3 Å². The van der Waals surface area contributed by atoms with Gasteiger partial charge in [0.1, 0.15) is 0 Å². The summed E-state index contributed by atoms with van der Waals surface area (Å²) in [5.41, 5.74) is 6.34. The van der Waals surface area contributed by atoms with Crippen molar-refractivity contribution < 1.29 is 9.59 Å². The van der Waals surface area contributed by atoms with Crippen LogP contribution in [-0.4, -0.2) is 18.0 Å². The number of thiophene rings is 1. The van der Waals surface area contributed by atoms with E-state index in [1.54, 1.807) is 18.3 Å². The van der Waals surface area contributed by atoms with E-state index in [2.05, 4.69) is 16.7 Å². The number of imide groups is 1.